The van der Waals surface area contributed by atoms with Crippen molar-refractivity contribution in [1.82, 2.24) is 20.5 Å². The van der Waals surface area contributed by atoms with Crippen molar-refractivity contribution < 1.29 is 4.79 Å². The van der Waals surface area contributed by atoms with Crippen LogP contribution in [-0.4, -0.2) is 34.4 Å². The van der Waals surface area contributed by atoms with Crippen LogP contribution in [0.4, 0.5) is 0 Å². The summed E-state index contributed by atoms with van der Waals surface area (Å²) in [6.45, 7) is 4.81. The summed E-state index contributed by atoms with van der Waals surface area (Å²) >= 11 is 6.41. The Hall–Kier alpha value is -2.73. The van der Waals surface area contributed by atoms with E-state index in [1.165, 1.54) is 11.1 Å². The fourth-order valence-electron chi connectivity index (χ4n) is 4.24. The quantitative estimate of drug-likeness (QED) is 0.545. The molecule has 0 saturated carbocycles. The Morgan fingerprint density at radius 1 is 1.09 bits per heavy atom. The highest BCUT2D eigenvalue weighted by atomic mass is 35.5. The highest BCUT2D eigenvalue weighted by Gasteiger charge is 2.36. The average Bonchev–Trinajstić information content (AvgIpc) is 3.21. The number of likely N-dealkylation sites (tertiary alicyclic amines) is 1. The van der Waals surface area contributed by atoms with Crippen molar-refractivity contribution in [2.45, 2.75) is 45.1 Å². The van der Waals surface area contributed by atoms with Gasteiger partial charge in [-0.3, -0.25) is 14.7 Å². The van der Waals surface area contributed by atoms with Gasteiger partial charge >= 0.3 is 0 Å². The molecule has 3 aromatic rings. The van der Waals surface area contributed by atoms with Crippen LogP contribution in [0.15, 0.2) is 73.1 Å². The fraction of sp³-hybridized carbons (Fsp3) is 0.308. The standard InChI is InChI=1S/C26H29ClN4O/c1-19-6-4-7-20(12-19)15-29-23-13-25(26(32)30-16-21-8-5-11-28-14-21)31(18-23)17-22-9-2-3-10-24(22)27/h2-12,14,23,25,29H,13,15-18H2,1H3,(H,30,32)/t23-,25-/m0/s1. The summed E-state index contributed by atoms with van der Waals surface area (Å²) in [6.07, 6.45) is 4.27. The predicted octanol–water partition coefficient (Wildman–Crippen LogP) is 4.09. The summed E-state index contributed by atoms with van der Waals surface area (Å²) in [5.41, 5.74) is 4.54. The van der Waals surface area contributed by atoms with Gasteiger partial charge in [-0.1, -0.05) is 65.7 Å². The van der Waals surface area contributed by atoms with Gasteiger partial charge in [-0.25, -0.2) is 0 Å². The van der Waals surface area contributed by atoms with E-state index in [4.69, 9.17) is 11.6 Å². The van der Waals surface area contributed by atoms with Gasteiger partial charge in [0.2, 0.25) is 5.91 Å². The lowest BCUT2D eigenvalue weighted by molar-refractivity contribution is -0.125. The van der Waals surface area contributed by atoms with Gasteiger partial charge in [0.1, 0.15) is 0 Å². The van der Waals surface area contributed by atoms with Crippen LogP contribution in [0, 0.1) is 6.92 Å². The number of aryl methyl sites for hydroxylation is 1. The Balaban J connectivity index is 1.43. The molecule has 2 aromatic carbocycles. The van der Waals surface area contributed by atoms with Crippen LogP contribution in [0.3, 0.4) is 0 Å². The number of carbonyl (C=O) groups is 1. The van der Waals surface area contributed by atoms with Crippen molar-refractivity contribution >= 4 is 17.5 Å². The number of aromatic nitrogens is 1. The average molecular weight is 449 g/mol. The van der Waals surface area contributed by atoms with Gasteiger partial charge in [0.05, 0.1) is 6.04 Å². The first kappa shape index (κ1) is 22.5. The molecule has 1 amide bonds. The van der Waals surface area contributed by atoms with Gasteiger partial charge in [-0.15, -0.1) is 0 Å². The van der Waals surface area contributed by atoms with Crippen molar-refractivity contribution in [2.24, 2.45) is 0 Å². The Morgan fingerprint density at radius 2 is 1.94 bits per heavy atom. The lowest BCUT2D eigenvalue weighted by Crippen LogP contribution is -2.42. The Morgan fingerprint density at radius 3 is 2.72 bits per heavy atom. The number of hydrogen-bond acceptors (Lipinski definition) is 4. The zero-order valence-corrected chi connectivity index (χ0v) is 19.1. The monoisotopic (exact) mass is 448 g/mol. The normalized spacial score (nSPS) is 18.6. The molecule has 166 valence electrons. The molecular weight excluding hydrogens is 420 g/mol. The van der Waals surface area contributed by atoms with Crippen LogP contribution in [0.2, 0.25) is 5.02 Å². The van der Waals surface area contributed by atoms with E-state index in [1.807, 2.05) is 36.4 Å². The zero-order valence-electron chi connectivity index (χ0n) is 18.3. The first-order valence-electron chi connectivity index (χ1n) is 11.0. The van der Waals surface area contributed by atoms with Crippen molar-refractivity contribution in [3.63, 3.8) is 0 Å². The topological polar surface area (TPSA) is 57.3 Å². The Kier molecular flexibility index (Phi) is 7.53. The molecule has 1 saturated heterocycles. The molecule has 0 aliphatic carbocycles. The smallest absolute Gasteiger partial charge is 0.237 e. The zero-order chi connectivity index (χ0) is 22.3. The SMILES string of the molecule is Cc1cccc(CN[C@H]2C[C@@H](C(=O)NCc3cccnc3)N(Cc3ccccc3Cl)C2)c1. The third-order valence-corrected chi connectivity index (χ3v) is 6.27. The van der Waals surface area contributed by atoms with Crippen LogP contribution >= 0.6 is 11.6 Å². The van der Waals surface area contributed by atoms with Gasteiger partial charge in [0, 0.05) is 49.6 Å². The molecule has 0 unspecified atom stereocenters. The minimum Gasteiger partial charge on any atom is -0.351 e. The van der Waals surface area contributed by atoms with E-state index in [2.05, 4.69) is 51.7 Å². The number of nitrogens with zero attached hydrogens (tertiary/aromatic N) is 2. The van der Waals surface area contributed by atoms with Crippen molar-refractivity contribution in [3.05, 3.63) is 100 Å². The highest BCUT2D eigenvalue weighted by molar-refractivity contribution is 6.31. The number of nitrogens with one attached hydrogen (secondary N) is 2. The second kappa shape index (κ2) is 10.7. The molecule has 5 nitrogen and oxygen atoms in total. The second-order valence-corrected chi connectivity index (χ2v) is 8.83. The molecule has 1 aliphatic heterocycles. The minimum absolute atomic E-state index is 0.0424. The first-order valence-corrected chi connectivity index (χ1v) is 11.4. The number of halogens is 1. The molecule has 2 atom stereocenters. The first-order chi connectivity index (χ1) is 15.6. The summed E-state index contributed by atoms with van der Waals surface area (Å²) < 4.78 is 0. The molecule has 0 bridgehead atoms. The van der Waals surface area contributed by atoms with E-state index in [0.717, 1.165) is 35.7 Å². The molecule has 1 aliphatic rings. The van der Waals surface area contributed by atoms with Crippen LogP contribution < -0.4 is 10.6 Å². The van der Waals surface area contributed by atoms with Crippen LogP contribution in [0.25, 0.3) is 0 Å². The number of pyridine rings is 1. The van der Waals surface area contributed by atoms with Gasteiger partial charge in [-0.2, -0.15) is 0 Å². The Labute approximate surface area is 194 Å². The maximum atomic E-state index is 13.1. The number of amides is 1. The summed E-state index contributed by atoms with van der Waals surface area (Å²) in [5, 5.41) is 7.48. The van der Waals surface area contributed by atoms with Crippen LogP contribution in [0.1, 0.15) is 28.7 Å². The van der Waals surface area contributed by atoms with E-state index >= 15 is 0 Å². The molecule has 1 fully saturated rings. The maximum Gasteiger partial charge on any atom is 0.237 e. The Bertz CT molecular complexity index is 1040. The van der Waals surface area contributed by atoms with Crippen LogP contribution in [0.5, 0.6) is 0 Å². The number of benzene rings is 2. The summed E-state index contributed by atoms with van der Waals surface area (Å²) in [7, 11) is 0. The lowest BCUT2D eigenvalue weighted by atomic mass is 10.1. The summed E-state index contributed by atoms with van der Waals surface area (Å²) in [6, 6.07) is 20.2. The number of rotatable bonds is 8. The number of carbonyl (C=O) groups excluding carboxylic acids is 1. The third-order valence-electron chi connectivity index (χ3n) is 5.90. The minimum atomic E-state index is -0.210. The van der Waals surface area contributed by atoms with Crippen molar-refractivity contribution in [1.29, 1.82) is 0 Å². The van der Waals surface area contributed by atoms with Gasteiger partial charge < -0.3 is 10.6 Å². The van der Waals surface area contributed by atoms with Gasteiger partial charge in [0.15, 0.2) is 0 Å². The van der Waals surface area contributed by atoms with E-state index < -0.39 is 0 Å². The predicted molar refractivity (Wildman–Crippen MR) is 128 cm³/mol. The molecule has 1 aromatic heterocycles. The van der Waals surface area contributed by atoms with Gasteiger partial charge in [0.25, 0.3) is 0 Å². The van der Waals surface area contributed by atoms with E-state index in [-0.39, 0.29) is 18.0 Å². The maximum absolute atomic E-state index is 13.1. The molecule has 4 rings (SSSR count). The van der Waals surface area contributed by atoms with E-state index in [9.17, 15) is 4.79 Å². The summed E-state index contributed by atoms with van der Waals surface area (Å²) in [4.78, 5) is 19.5. The van der Waals surface area contributed by atoms with E-state index in [1.54, 1.807) is 12.4 Å². The second-order valence-electron chi connectivity index (χ2n) is 8.42. The molecule has 0 spiro atoms. The summed E-state index contributed by atoms with van der Waals surface area (Å²) in [5.74, 6) is 0.0424. The van der Waals surface area contributed by atoms with Crippen LogP contribution in [-0.2, 0) is 24.4 Å². The van der Waals surface area contributed by atoms with E-state index in [0.29, 0.717) is 13.1 Å². The highest BCUT2D eigenvalue weighted by Crippen LogP contribution is 2.25. The fourth-order valence-corrected chi connectivity index (χ4v) is 4.43. The van der Waals surface area contributed by atoms with Crippen molar-refractivity contribution in [2.75, 3.05) is 6.54 Å². The molecule has 6 heteroatoms. The van der Waals surface area contributed by atoms with Crippen molar-refractivity contribution in [3.8, 4) is 0 Å². The van der Waals surface area contributed by atoms with Gasteiger partial charge in [-0.05, 0) is 42.2 Å². The third kappa shape index (κ3) is 5.94. The number of hydrogen-bond donors (Lipinski definition) is 2. The molecule has 32 heavy (non-hydrogen) atoms. The molecule has 0 radical (unpaired) electrons. The lowest BCUT2D eigenvalue weighted by Gasteiger charge is -2.24. The molecule has 2 N–H and O–H groups in total. The largest absolute Gasteiger partial charge is 0.351 e. The molecular formula is C26H29ClN4O. The molecule has 2 heterocycles.